The van der Waals surface area contributed by atoms with Crippen molar-refractivity contribution in [2.45, 2.75) is 27.2 Å². The zero-order valence-electron chi connectivity index (χ0n) is 17.5. The molecule has 0 radical (unpaired) electrons. The van der Waals surface area contributed by atoms with Crippen LogP contribution in [0.2, 0.25) is 0 Å². The first kappa shape index (κ1) is 23.1. The van der Waals surface area contributed by atoms with E-state index in [9.17, 15) is 18.0 Å². The van der Waals surface area contributed by atoms with E-state index >= 15 is 0 Å². The van der Waals surface area contributed by atoms with Gasteiger partial charge >= 0.3 is 0 Å². The Morgan fingerprint density at radius 2 is 1.77 bits per heavy atom. The molecule has 0 spiro atoms. The van der Waals surface area contributed by atoms with E-state index in [1.807, 2.05) is 19.1 Å². The summed E-state index contributed by atoms with van der Waals surface area (Å²) in [6.45, 7) is 4.65. The number of anilines is 2. The Balaban J connectivity index is 2.17. The number of rotatable bonds is 8. The van der Waals surface area contributed by atoms with Crippen LogP contribution in [0.5, 0.6) is 0 Å². The highest BCUT2D eigenvalue weighted by Crippen LogP contribution is 2.23. The van der Waals surface area contributed by atoms with Gasteiger partial charge in [-0.15, -0.1) is 0 Å². The number of nitrogens with zero attached hydrogens (tertiary/aromatic N) is 2. The van der Waals surface area contributed by atoms with Gasteiger partial charge in [0.1, 0.15) is 6.54 Å². The molecule has 0 heterocycles. The molecule has 0 aromatic heterocycles. The molecule has 8 nitrogen and oxygen atoms in total. The second-order valence-corrected chi connectivity index (χ2v) is 8.65. The zero-order chi connectivity index (χ0) is 22.3. The van der Waals surface area contributed by atoms with Crippen LogP contribution in [0, 0.1) is 0 Å². The molecule has 2 N–H and O–H groups in total. The molecule has 0 saturated carbocycles. The quantitative estimate of drug-likeness (QED) is 0.495. The first-order chi connectivity index (χ1) is 14.1. The predicted molar refractivity (Wildman–Crippen MR) is 119 cm³/mol. The summed E-state index contributed by atoms with van der Waals surface area (Å²) in [6, 6.07) is 14.1. The van der Waals surface area contributed by atoms with Crippen molar-refractivity contribution in [2.24, 2.45) is 5.10 Å². The number of carbonyl (C=O) groups is 2. The van der Waals surface area contributed by atoms with Crippen molar-refractivity contribution < 1.29 is 18.0 Å². The summed E-state index contributed by atoms with van der Waals surface area (Å²) in [6.07, 6.45) is 1.69. The molecular weight excluding hydrogens is 404 g/mol. The van der Waals surface area contributed by atoms with Gasteiger partial charge in [-0.1, -0.05) is 37.3 Å². The molecule has 0 fully saturated rings. The number of hydrogen-bond donors (Lipinski definition) is 2. The van der Waals surface area contributed by atoms with Gasteiger partial charge in [-0.3, -0.25) is 13.9 Å². The number of para-hydroxylation sites is 1. The Labute approximate surface area is 177 Å². The predicted octanol–water partition coefficient (Wildman–Crippen LogP) is 2.51. The fourth-order valence-corrected chi connectivity index (χ4v) is 3.72. The van der Waals surface area contributed by atoms with Crippen LogP contribution in [-0.4, -0.2) is 38.7 Å². The Kier molecular flexibility index (Phi) is 7.71. The lowest BCUT2D eigenvalue weighted by atomic mass is 10.1. The van der Waals surface area contributed by atoms with Gasteiger partial charge in [0.05, 0.1) is 17.7 Å². The standard InChI is InChI=1S/C21H26N4O4S/c1-5-17-9-6-7-12-20(17)25(30(4,28)29)14-21(27)24-23-15(2)18-10-8-11-19(13-18)22-16(3)26/h6-13H,5,14H2,1-4H3,(H,22,26)(H,24,27)/b23-15-. The first-order valence-corrected chi connectivity index (χ1v) is 11.2. The minimum atomic E-state index is -3.67. The summed E-state index contributed by atoms with van der Waals surface area (Å²) in [5.74, 6) is -0.757. The number of carbonyl (C=O) groups excluding carboxylic acids is 2. The third kappa shape index (κ3) is 6.41. The maximum absolute atomic E-state index is 12.4. The van der Waals surface area contributed by atoms with Gasteiger partial charge < -0.3 is 5.32 Å². The maximum atomic E-state index is 12.4. The summed E-state index contributed by atoms with van der Waals surface area (Å²) in [7, 11) is -3.67. The topological polar surface area (TPSA) is 108 Å². The van der Waals surface area contributed by atoms with E-state index in [2.05, 4.69) is 15.8 Å². The van der Waals surface area contributed by atoms with Gasteiger partial charge in [-0.25, -0.2) is 13.8 Å². The number of aryl methyl sites for hydroxylation is 1. The third-order valence-corrected chi connectivity index (χ3v) is 5.40. The molecule has 0 aliphatic heterocycles. The van der Waals surface area contributed by atoms with Gasteiger partial charge in [-0.2, -0.15) is 5.10 Å². The lowest BCUT2D eigenvalue weighted by molar-refractivity contribution is -0.119. The van der Waals surface area contributed by atoms with E-state index in [-0.39, 0.29) is 5.91 Å². The Morgan fingerprint density at radius 3 is 2.40 bits per heavy atom. The van der Waals surface area contributed by atoms with Gasteiger partial charge in [-0.05, 0) is 42.7 Å². The average molecular weight is 431 g/mol. The molecule has 0 aliphatic carbocycles. The second-order valence-electron chi connectivity index (χ2n) is 6.75. The highest BCUT2D eigenvalue weighted by Gasteiger charge is 2.22. The number of amides is 2. The Morgan fingerprint density at radius 1 is 1.07 bits per heavy atom. The monoisotopic (exact) mass is 430 g/mol. The van der Waals surface area contributed by atoms with Crippen molar-refractivity contribution in [1.29, 1.82) is 0 Å². The summed E-state index contributed by atoms with van der Waals surface area (Å²) in [5, 5.41) is 6.75. The van der Waals surface area contributed by atoms with E-state index in [0.717, 1.165) is 16.1 Å². The van der Waals surface area contributed by atoms with E-state index in [4.69, 9.17) is 0 Å². The van der Waals surface area contributed by atoms with Gasteiger partial charge in [0, 0.05) is 12.6 Å². The van der Waals surface area contributed by atoms with Crippen molar-refractivity contribution in [1.82, 2.24) is 5.43 Å². The van der Waals surface area contributed by atoms with Crippen molar-refractivity contribution in [3.8, 4) is 0 Å². The van der Waals surface area contributed by atoms with Gasteiger partial charge in [0.15, 0.2) is 0 Å². The number of sulfonamides is 1. The SMILES string of the molecule is CCc1ccccc1N(CC(=O)N/N=C(/C)c1cccc(NC(C)=O)c1)S(C)(=O)=O. The normalized spacial score (nSPS) is 11.7. The molecule has 2 amide bonds. The molecule has 0 aliphatic rings. The molecule has 0 bridgehead atoms. The maximum Gasteiger partial charge on any atom is 0.260 e. The van der Waals surface area contributed by atoms with E-state index in [1.54, 1.807) is 43.3 Å². The zero-order valence-corrected chi connectivity index (χ0v) is 18.3. The van der Waals surface area contributed by atoms with Crippen molar-refractivity contribution in [2.75, 3.05) is 22.4 Å². The first-order valence-electron chi connectivity index (χ1n) is 9.38. The number of hydrogen-bond acceptors (Lipinski definition) is 5. The lowest BCUT2D eigenvalue weighted by Gasteiger charge is -2.23. The van der Waals surface area contributed by atoms with Crippen molar-refractivity contribution in [3.63, 3.8) is 0 Å². The fraction of sp³-hybridized carbons (Fsp3) is 0.286. The van der Waals surface area contributed by atoms with E-state index in [0.29, 0.717) is 29.1 Å². The lowest BCUT2D eigenvalue weighted by Crippen LogP contribution is -2.39. The molecule has 0 atom stereocenters. The average Bonchev–Trinajstić information content (AvgIpc) is 2.69. The van der Waals surface area contributed by atoms with Crippen molar-refractivity contribution in [3.05, 3.63) is 59.7 Å². The van der Waals surface area contributed by atoms with Crippen molar-refractivity contribution >= 4 is 38.9 Å². The Hall–Kier alpha value is -3.20. The van der Waals surface area contributed by atoms with Crippen LogP contribution in [0.15, 0.2) is 53.6 Å². The summed E-state index contributed by atoms with van der Waals surface area (Å²) < 4.78 is 25.7. The molecule has 30 heavy (non-hydrogen) atoms. The van der Waals surface area contributed by atoms with E-state index in [1.165, 1.54) is 6.92 Å². The number of hydrazone groups is 1. The largest absolute Gasteiger partial charge is 0.326 e. The highest BCUT2D eigenvalue weighted by molar-refractivity contribution is 7.92. The summed E-state index contributed by atoms with van der Waals surface area (Å²) >= 11 is 0. The smallest absolute Gasteiger partial charge is 0.260 e. The summed E-state index contributed by atoms with van der Waals surface area (Å²) in [5.41, 5.74) is 5.53. The molecule has 2 rings (SSSR count). The van der Waals surface area contributed by atoms with Crippen LogP contribution in [-0.2, 0) is 26.0 Å². The molecule has 0 saturated heterocycles. The molecule has 9 heteroatoms. The molecule has 2 aromatic rings. The van der Waals surface area contributed by atoms with E-state index < -0.39 is 22.5 Å². The van der Waals surface area contributed by atoms with Crippen LogP contribution in [0.4, 0.5) is 11.4 Å². The van der Waals surface area contributed by atoms with Crippen LogP contribution in [0.1, 0.15) is 31.9 Å². The molecule has 2 aromatic carbocycles. The van der Waals surface area contributed by atoms with Crippen LogP contribution in [0.3, 0.4) is 0 Å². The molecule has 0 unspecified atom stereocenters. The minimum absolute atomic E-state index is 0.191. The minimum Gasteiger partial charge on any atom is -0.326 e. The Bertz CT molecular complexity index is 1060. The van der Waals surface area contributed by atoms with Crippen LogP contribution in [0.25, 0.3) is 0 Å². The van der Waals surface area contributed by atoms with Crippen LogP contribution < -0.4 is 15.0 Å². The third-order valence-electron chi connectivity index (χ3n) is 4.28. The second kappa shape index (κ2) is 10.0. The fourth-order valence-electron chi connectivity index (χ4n) is 2.84. The number of nitrogens with one attached hydrogen (secondary N) is 2. The van der Waals surface area contributed by atoms with Gasteiger partial charge in [0.25, 0.3) is 5.91 Å². The molecule has 160 valence electrons. The summed E-state index contributed by atoms with van der Waals surface area (Å²) in [4.78, 5) is 23.6. The van der Waals surface area contributed by atoms with Crippen LogP contribution >= 0.6 is 0 Å². The molecular formula is C21H26N4O4S. The highest BCUT2D eigenvalue weighted by atomic mass is 32.2. The van der Waals surface area contributed by atoms with Gasteiger partial charge in [0.2, 0.25) is 15.9 Å². The number of benzene rings is 2.